The van der Waals surface area contributed by atoms with Gasteiger partial charge < -0.3 is 4.74 Å². The minimum absolute atomic E-state index is 0.0417. The fraction of sp³-hybridized carbons (Fsp3) is 0.875. The molecule has 0 aromatic carbocycles. The molecule has 1 saturated heterocycles. The summed E-state index contributed by atoms with van der Waals surface area (Å²) in [5.41, 5.74) is 0.123. The van der Waals surface area contributed by atoms with E-state index in [1.54, 1.807) is 0 Å². The molecule has 1 saturated carbocycles. The van der Waals surface area contributed by atoms with Crippen LogP contribution in [0.5, 0.6) is 0 Å². The van der Waals surface area contributed by atoms with E-state index in [9.17, 15) is 4.79 Å². The van der Waals surface area contributed by atoms with E-state index in [0.29, 0.717) is 5.92 Å². The topological polar surface area (TPSA) is 26.3 Å². The van der Waals surface area contributed by atoms with Gasteiger partial charge in [-0.15, -0.1) is 0 Å². The molecule has 0 amide bonds. The van der Waals surface area contributed by atoms with Crippen LogP contribution >= 0.6 is 54.5 Å². The van der Waals surface area contributed by atoms with Crippen LogP contribution in [0.4, 0.5) is 0 Å². The zero-order valence-corrected chi connectivity index (χ0v) is 12.5. The van der Waals surface area contributed by atoms with Gasteiger partial charge in [-0.25, -0.2) is 0 Å². The predicted octanol–water partition coefficient (Wildman–Crippen LogP) is 3.06. The zero-order valence-electron chi connectivity index (χ0n) is 7.18. The molecule has 1 heterocycles. The van der Waals surface area contributed by atoms with Gasteiger partial charge >= 0.3 is 5.97 Å². The van der Waals surface area contributed by atoms with Gasteiger partial charge in [0.2, 0.25) is 0 Å². The van der Waals surface area contributed by atoms with E-state index < -0.39 is 0 Å². The van der Waals surface area contributed by atoms with Crippen molar-refractivity contribution in [2.75, 3.05) is 0 Å². The summed E-state index contributed by atoms with van der Waals surface area (Å²) in [5, 5.41) is 0. The highest BCUT2D eigenvalue weighted by Crippen LogP contribution is 2.68. The van der Waals surface area contributed by atoms with Crippen molar-refractivity contribution in [3.8, 4) is 0 Å². The van der Waals surface area contributed by atoms with Crippen LogP contribution in [0.1, 0.15) is 13.8 Å². The van der Waals surface area contributed by atoms with E-state index in [2.05, 4.69) is 68.3 Å². The van der Waals surface area contributed by atoms with E-state index in [1.807, 2.05) is 0 Å². The van der Waals surface area contributed by atoms with Gasteiger partial charge in [0.05, 0.1) is 5.92 Å². The van der Waals surface area contributed by atoms with Crippen LogP contribution in [-0.2, 0) is 9.53 Å². The third kappa shape index (κ3) is 1.49. The molecule has 0 aromatic rings. The lowest BCUT2D eigenvalue weighted by molar-refractivity contribution is -0.146. The molecule has 74 valence electrons. The summed E-state index contributed by atoms with van der Waals surface area (Å²) < 4.78 is 4.96. The molecule has 0 radical (unpaired) electrons. The quantitative estimate of drug-likeness (QED) is 0.368. The van der Waals surface area contributed by atoms with Gasteiger partial charge in [0.25, 0.3) is 0 Å². The first kappa shape index (κ1) is 10.7. The molecule has 3 unspecified atom stereocenters. The lowest BCUT2D eigenvalue weighted by atomic mass is 10.1. The highest BCUT2D eigenvalue weighted by atomic mass is 127. The molecule has 0 bridgehead atoms. The first-order chi connectivity index (χ1) is 5.76. The van der Waals surface area contributed by atoms with Crippen molar-refractivity contribution in [3.63, 3.8) is 0 Å². The second-order valence-electron chi connectivity index (χ2n) is 4.22. The molecule has 1 aliphatic heterocycles. The van der Waals surface area contributed by atoms with Gasteiger partial charge in [0.1, 0.15) is 6.10 Å². The highest BCUT2D eigenvalue weighted by molar-refractivity contribution is 14.1. The Morgan fingerprint density at radius 1 is 1.54 bits per heavy atom. The lowest BCUT2D eigenvalue weighted by Gasteiger charge is -2.24. The Morgan fingerprint density at radius 2 is 2.08 bits per heavy atom. The number of hydrogen-bond acceptors (Lipinski definition) is 2. The van der Waals surface area contributed by atoms with Crippen molar-refractivity contribution in [1.82, 2.24) is 0 Å². The van der Waals surface area contributed by atoms with E-state index in [0.717, 1.165) is 0 Å². The summed E-state index contributed by atoms with van der Waals surface area (Å²) in [6.45, 7) is 4.25. The predicted molar refractivity (Wildman–Crippen MR) is 65.2 cm³/mol. The van der Waals surface area contributed by atoms with Crippen LogP contribution in [0.3, 0.4) is 0 Å². The molecule has 2 aliphatic rings. The number of rotatable bonds is 1. The minimum atomic E-state index is -0.319. The number of ether oxygens (including phenoxy) is 1. The molecule has 2 rings (SSSR count). The molecule has 0 N–H and O–H groups in total. The molecular formula is C8H9Br2IO2. The van der Waals surface area contributed by atoms with E-state index in [-0.39, 0.29) is 24.6 Å². The Kier molecular flexibility index (Phi) is 2.33. The molecular weight excluding hydrogens is 415 g/mol. The number of fused-ring (bicyclic) bond motifs is 1. The van der Waals surface area contributed by atoms with Crippen LogP contribution in [0.15, 0.2) is 0 Å². The molecule has 0 spiro atoms. The second-order valence-corrected chi connectivity index (χ2v) is 12.5. The largest absolute Gasteiger partial charge is 0.459 e. The zero-order chi connectivity index (χ0) is 10.0. The average molecular weight is 424 g/mol. The standard InChI is InChI=1S/C8H9Br2IO2/c1-7(2)3-4(7)6(12)13-5(3)8(9,10)11/h3-5H,1-2H3. The number of carbonyl (C=O) groups is 1. The minimum Gasteiger partial charge on any atom is -0.459 e. The van der Waals surface area contributed by atoms with Gasteiger partial charge in [0.15, 0.2) is 1.24 Å². The van der Waals surface area contributed by atoms with Crippen molar-refractivity contribution in [3.05, 3.63) is 0 Å². The normalized spacial score (nSPS) is 41.3. The smallest absolute Gasteiger partial charge is 0.310 e. The molecule has 1 aliphatic carbocycles. The van der Waals surface area contributed by atoms with Crippen molar-refractivity contribution < 1.29 is 9.53 Å². The number of esters is 1. The number of carbonyl (C=O) groups excluding carboxylic acids is 1. The SMILES string of the molecule is CC1(C)C2C(=O)OC(C(Br)(Br)I)C21. The summed E-state index contributed by atoms with van der Waals surface area (Å²) in [6.07, 6.45) is -0.0550. The average Bonchev–Trinajstić information content (AvgIpc) is 2.35. The van der Waals surface area contributed by atoms with E-state index >= 15 is 0 Å². The Bertz CT molecular complexity index is 272. The monoisotopic (exact) mass is 422 g/mol. The summed E-state index contributed by atoms with van der Waals surface area (Å²) in [6, 6.07) is 0. The van der Waals surface area contributed by atoms with Gasteiger partial charge in [-0.3, -0.25) is 4.79 Å². The Labute approximate surface area is 108 Å². The van der Waals surface area contributed by atoms with Crippen LogP contribution in [0.2, 0.25) is 0 Å². The first-order valence-corrected chi connectivity index (χ1v) is 6.70. The second kappa shape index (κ2) is 2.84. The molecule has 5 heteroatoms. The van der Waals surface area contributed by atoms with Crippen LogP contribution in [0.25, 0.3) is 0 Å². The Hall–Kier alpha value is 1.16. The van der Waals surface area contributed by atoms with Crippen LogP contribution in [0, 0.1) is 17.3 Å². The lowest BCUT2D eigenvalue weighted by Crippen LogP contribution is -2.30. The van der Waals surface area contributed by atoms with Crippen molar-refractivity contribution in [2.24, 2.45) is 17.3 Å². The molecule has 3 atom stereocenters. The maximum atomic E-state index is 11.4. The van der Waals surface area contributed by atoms with Gasteiger partial charge in [0, 0.05) is 5.92 Å². The summed E-state index contributed by atoms with van der Waals surface area (Å²) in [4.78, 5) is 11.4. The van der Waals surface area contributed by atoms with Gasteiger partial charge in [-0.2, -0.15) is 0 Å². The third-order valence-corrected chi connectivity index (χ3v) is 4.57. The molecule has 0 aromatic heterocycles. The fourth-order valence-corrected chi connectivity index (χ4v) is 3.51. The van der Waals surface area contributed by atoms with Crippen molar-refractivity contribution in [1.29, 1.82) is 0 Å². The van der Waals surface area contributed by atoms with E-state index in [4.69, 9.17) is 4.74 Å². The van der Waals surface area contributed by atoms with Gasteiger partial charge in [-0.1, -0.05) is 45.7 Å². The highest BCUT2D eigenvalue weighted by Gasteiger charge is 2.73. The first-order valence-electron chi connectivity index (χ1n) is 4.03. The number of alkyl halides is 3. The summed E-state index contributed by atoms with van der Waals surface area (Å²) in [5.74, 6) is 0.428. The van der Waals surface area contributed by atoms with Crippen molar-refractivity contribution in [2.45, 2.75) is 21.2 Å². The Balaban J connectivity index is 2.24. The molecule has 2 fully saturated rings. The number of halogens is 3. The maximum Gasteiger partial charge on any atom is 0.310 e. The number of hydrogen-bond donors (Lipinski definition) is 0. The van der Waals surface area contributed by atoms with Crippen LogP contribution < -0.4 is 0 Å². The Morgan fingerprint density at radius 3 is 2.31 bits per heavy atom. The maximum absolute atomic E-state index is 11.4. The van der Waals surface area contributed by atoms with Gasteiger partial charge in [-0.05, 0) is 28.0 Å². The summed E-state index contributed by atoms with van der Waals surface area (Å²) >= 11 is 9.16. The fourth-order valence-electron chi connectivity index (χ4n) is 2.24. The third-order valence-electron chi connectivity index (χ3n) is 3.06. The molecule has 2 nitrogen and oxygen atoms in total. The molecule has 13 heavy (non-hydrogen) atoms. The number of cyclic esters (lactones) is 1. The van der Waals surface area contributed by atoms with E-state index in [1.165, 1.54) is 0 Å². The summed E-state index contributed by atoms with van der Waals surface area (Å²) in [7, 11) is 0. The van der Waals surface area contributed by atoms with Crippen molar-refractivity contribution >= 4 is 60.4 Å². The van der Waals surface area contributed by atoms with Crippen LogP contribution in [-0.4, -0.2) is 13.3 Å².